The molecule has 0 aliphatic carbocycles. The van der Waals surface area contributed by atoms with Crippen LogP contribution in [0.4, 0.5) is 0 Å². The number of halogens is 1. The normalized spacial score (nSPS) is 12.1. The summed E-state index contributed by atoms with van der Waals surface area (Å²) in [6.45, 7) is 0.794. The first-order chi connectivity index (χ1) is 9.88. The fourth-order valence-corrected chi connectivity index (χ4v) is 2.81. The van der Waals surface area contributed by atoms with E-state index in [1.807, 2.05) is 30.3 Å². The Kier molecular flexibility index (Phi) is 6.65. The molecule has 20 heavy (non-hydrogen) atoms. The van der Waals surface area contributed by atoms with E-state index in [0.29, 0.717) is 5.92 Å². The minimum absolute atomic E-state index is 0.678. The first-order valence-corrected chi connectivity index (χ1v) is 8.28. The molecule has 0 bridgehead atoms. The smallest absolute Gasteiger partial charge is 0.119 e. The zero-order valence-electron chi connectivity index (χ0n) is 11.7. The molecule has 0 fully saturated rings. The summed E-state index contributed by atoms with van der Waals surface area (Å²) in [4.78, 5) is 0. The molecule has 2 heteroatoms. The molecule has 0 aliphatic heterocycles. The molecule has 2 rings (SSSR count). The SMILES string of the molecule is BrCC(CCCOc1ccccc1)Cc1ccccc1. The zero-order chi connectivity index (χ0) is 14.0. The van der Waals surface area contributed by atoms with Crippen LogP contribution < -0.4 is 4.74 Å². The minimum atomic E-state index is 0.678. The second-order valence-corrected chi connectivity index (χ2v) is 5.66. The molecular weight excluding hydrogens is 312 g/mol. The van der Waals surface area contributed by atoms with Crippen molar-refractivity contribution in [2.24, 2.45) is 5.92 Å². The van der Waals surface area contributed by atoms with Crippen LogP contribution in [0, 0.1) is 5.92 Å². The van der Waals surface area contributed by atoms with Crippen LogP contribution in [0.3, 0.4) is 0 Å². The highest BCUT2D eigenvalue weighted by atomic mass is 79.9. The van der Waals surface area contributed by atoms with Gasteiger partial charge in [0.1, 0.15) is 5.75 Å². The molecule has 0 saturated heterocycles. The highest BCUT2D eigenvalue weighted by molar-refractivity contribution is 9.09. The third kappa shape index (κ3) is 5.38. The molecule has 0 amide bonds. The summed E-state index contributed by atoms with van der Waals surface area (Å²) >= 11 is 3.63. The highest BCUT2D eigenvalue weighted by Gasteiger charge is 2.08. The van der Waals surface area contributed by atoms with Crippen LogP contribution >= 0.6 is 15.9 Å². The van der Waals surface area contributed by atoms with E-state index in [2.05, 4.69) is 46.3 Å². The molecule has 0 N–H and O–H groups in total. The number of rotatable bonds is 8. The summed E-state index contributed by atoms with van der Waals surface area (Å²) in [6.07, 6.45) is 3.42. The first-order valence-electron chi connectivity index (χ1n) is 7.16. The molecule has 0 aromatic heterocycles. The van der Waals surface area contributed by atoms with Crippen LogP contribution in [0.15, 0.2) is 60.7 Å². The summed E-state index contributed by atoms with van der Waals surface area (Å²) in [6, 6.07) is 20.7. The lowest BCUT2D eigenvalue weighted by Crippen LogP contribution is -2.08. The van der Waals surface area contributed by atoms with Gasteiger partial charge in [0.25, 0.3) is 0 Å². The number of hydrogen-bond acceptors (Lipinski definition) is 1. The standard InChI is InChI=1S/C18H21BrO/c19-15-17(14-16-8-3-1-4-9-16)10-7-13-20-18-11-5-2-6-12-18/h1-6,8-9,11-12,17H,7,10,13-15H2. The van der Waals surface area contributed by atoms with Gasteiger partial charge in [-0.15, -0.1) is 0 Å². The second kappa shape index (κ2) is 8.80. The predicted molar refractivity (Wildman–Crippen MR) is 88.6 cm³/mol. The summed E-state index contributed by atoms with van der Waals surface area (Å²) in [5.41, 5.74) is 1.42. The second-order valence-electron chi connectivity index (χ2n) is 5.01. The predicted octanol–water partition coefficient (Wildman–Crippen LogP) is 5.10. The monoisotopic (exact) mass is 332 g/mol. The number of hydrogen-bond donors (Lipinski definition) is 0. The Labute approximate surface area is 130 Å². The maximum Gasteiger partial charge on any atom is 0.119 e. The fourth-order valence-electron chi connectivity index (χ4n) is 2.26. The van der Waals surface area contributed by atoms with Crippen molar-refractivity contribution < 1.29 is 4.74 Å². The van der Waals surface area contributed by atoms with Gasteiger partial charge in [0.05, 0.1) is 6.61 Å². The largest absolute Gasteiger partial charge is 0.494 e. The van der Waals surface area contributed by atoms with Crippen LogP contribution in [0.2, 0.25) is 0 Å². The molecule has 2 aromatic carbocycles. The maximum absolute atomic E-state index is 5.74. The van der Waals surface area contributed by atoms with Crippen molar-refractivity contribution in [1.82, 2.24) is 0 Å². The number of alkyl halides is 1. The van der Waals surface area contributed by atoms with Crippen molar-refractivity contribution in [2.45, 2.75) is 19.3 Å². The first kappa shape index (κ1) is 15.1. The van der Waals surface area contributed by atoms with E-state index in [-0.39, 0.29) is 0 Å². The van der Waals surface area contributed by atoms with Gasteiger partial charge in [-0.05, 0) is 42.9 Å². The third-order valence-electron chi connectivity index (χ3n) is 3.35. The van der Waals surface area contributed by atoms with Crippen molar-refractivity contribution >= 4 is 15.9 Å². The fraction of sp³-hybridized carbons (Fsp3) is 0.333. The van der Waals surface area contributed by atoms with Crippen LogP contribution in [0.1, 0.15) is 18.4 Å². The van der Waals surface area contributed by atoms with E-state index < -0.39 is 0 Å². The molecule has 0 saturated carbocycles. The third-order valence-corrected chi connectivity index (χ3v) is 4.27. The molecule has 0 aliphatic rings. The number of ether oxygens (including phenoxy) is 1. The van der Waals surface area contributed by atoms with E-state index in [1.165, 1.54) is 12.0 Å². The van der Waals surface area contributed by atoms with Crippen molar-refractivity contribution in [3.05, 3.63) is 66.2 Å². The van der Waals surface area contributed by atoms with E-state index in [4.69, 9.17) is 4.74 Å². The summed E-state index contributed by atoms with van der Waals surface area (Å²) in [7, 11) is 0. The molecule has 2 aromatic rings. The molecule has 1 unspecified atom stereocenters. The van der Waals surface area contributed by atoms with E-state index in [1.54, 1.807) is 0 Å². The van der Waals surface area contributed by atoms with Crippen LogP contribution in [0.25, 0.3) is 0 Å². The molecule has 1 atom stereocenters. The Morgan fingerprint density at radius 1 is 0.900 bits per heavy atom. The lowest BCUT2D eigenvalue weighted by atomic mass is 9.97. The van der Waals surface area contributed by atoms with Gasteiger partial charge in [-0.25, -0.2) is 0 Å². The average Bonchev–Trinajstić information content (AvgIpc) is 2.52. The van der Waals surface area contributed by atoms with Gasteiger partial charge in [0, 0.05) is 5.33 Å². The summed E-state index contributed by atoms with van der Waals surface area (Å²) in [5.74, 6) is 1.64. The Bertz CT molecular complexity index is 469. The van der Waals surface area contributed by atoms with Crippen molar-refractivity contribution in [2.75, 3.05) is 11.9 Å². The lowest BCUT2D eigenvalue weighted by molar-refractivity contribution is 0.295. The Morgan fingerprint density at radius 2 is 1.55 bits per heavy atom. The molecule has 0 radical (unpaired) electrons. The van der Waals surface area contributed by atoms with Gasteiger partial charge in [0.15, 0.2) is 0 Å². The van der Waals surface area contributed by atoms with Gasteiger partial charge in [0.2, 0.25) is 0 Å². The van der Waals surface area contributed by atoms with Gasteiger partial charge >= 0.3 is 0 Å². The van der Waals surface area contributed by atoms with Crippen molar-refractivity contribution in [1.29, 1.82) is 0 Å². The zero-order valence-corrected chi connectivity index (χ0v) is 13.3. The average molecular weight is 333 g/mol. The molecule has 0 spiro atoms. The number of benzene rings is 2. The van der Waals surface area contributed by atoms with Crippen LogP contribution in [-0.2, 0) is 6.42 Å². The Hall–Kier alpha value is -1.28. The van der Waals surface area contributed by atoms with Crippen molar-refractivity contribution in [3.8, 4) is 5.75 Å². The van der Waals surface area contributed by atoms with Gasteiger partial charge in [-0.3, -0.25) is 0 Å². The summed E-state index contributed by atoms with van der Waals surface area (Å²) in [5, 5.41) is 1.05. The Balaban J connectivity index is 1.69. The topological polar surface area (TPSA) is 9.23 Å². The number of para-hydroxylation sites is 1. The van der Waals surface area contributed by atoms with E-state index in [0.717, 1.165) is 30.5 Å². The van der Waals surface area contributed by atoms with E-state index >= 15 is 0 Å². The molecule has 106 valence electrons. The quantitative estimate of drug-likeness (QED) is 0.482. The maximum atomic E-state index is 5.74. The van der Waals surface area contributed by atoms with Crippen LogP contribution in [-0.4, -0.2) is 11.9 Å². The Morgan fingerprint density at radius 3 is 2.20 bits per heavy atom. The molecular formula is C18H21BrO. The highest BCUT2D eigenvalue weighted by Crippen LogP contribution is 2.17. The van der Waals surface area contributed by atoms with Gasteiger partial charge in [-0.2, -0.15) is 0 Å². The van der Waals surface area contributed by atoms with Gasteiger partial charge < -0.3 is 4.74 Å². The van der Waals surface area contributed by atoms with E-state index in [9.17, 15) is 0 Å². The summed E-state index contributed by atoms with van der Waals surface area (Å²) < 4.78 is 5.74. The van der Waals surface area contributed by atoms with Crippen LogP contribution in [0.5, 0.6) is 5.75 Å². The van der Waals surface area contributed by atoms with Gasteiger partial charge in [-0.1, -0.05) is 64.5 Å². The van der Waals surface area contributed by atoms with Crippen molar-refractivity contribution in [3.63, 3.8) is 0 Å². The molecule has 1 nitrogen and oxygen atoms in total. The lowest BCUT2D eigenvalue weighted by Gasteiger charge is -2.14. The molecule has 0 heterocycles. The minimum Gasteiger partial charge on any atom is -0.494 e.